The van der Waals surface area contributed by atoms with E-state index in [9.17, 15) is 13.2 Å². The largest absolute Gasteiger partial charge is 0.444 e. The third-order valence-corrected chi connectivity index (χ3v) is 9.11. The van der Waals surface area contributed by atoms with E-state index >= 15 is 0 Å². The van der Waals surface area contributed by atoms with Gasteiger partial charge in [0.25, 0.3) is 10.0 Å². The van der Waals surface area contributed by atoms with Crippen LogP contribution in [0.5, 0.6) is 0 Å². The zero-order chi connectivity index (χ0) is 27.9. The van der Waals surface area contributed by atoms with E-state index in [1.807, 2.05) is 45.9 Å². The minimum Gasteiger partial charge on any atom is -0.444 e. The smallest absolute Gasteiger partial charge is 0.410 e. The van der Waals surface area contributed by atoms with Crippen molar-refractivity contribution in [1.82, 2.24) is 13.9 Å². The van der Waals surface area contributed by atoms with Crippen molar-refractivity contribution < 1.29 is 17.9 Å². The summed E-state index contributed by atoms with van der Waals surface area (Å²) in [6.07, 6.45) is 5.89. The van der Waals surface area contributed by atoms with Gasteiger partial charge in [-0.2, -0.15) is 0 Å². The molecule has 5 rings (SSSR count). The van der Waals surface area contributed by atoms with Gasteiger partial charge < -0.3 is 9.64 Å². The van der Waals surface area contributed by atoms with Gasteiger partial charge in [-0.15, -0.1) is 0 Å². The molecule has 2 aromatic heterocycles. The molecule has 0 saturated heterocycles. The summed E-state index contributed by atoms with van der Waals surface area (Å²) in [6, 6.07) is 17.1. The monoisotopic (exact) mass is 655 g/mol. The molecule has 1 aliphatic rings. The lowest BCUT2D eigenvalue weighted by Gasteiger charge is -2.29. The number of aromatic nitrogens is 2. The Morgan fingerprint density at radius 3 is 2.28 bits per heavy atom. The molecular weight excluding hydrogens is 625 g/mol. The molecule has 2 aromatic carbocycles. The highest BCUT2D eigenvalue weighted by Gasteiger charge is 2.24. The highest BCUT2D eigenvalue weighted by Crippen LogP contribution is 2.31. The molecule has 0 unspecified atom stereocenters. The third kappa shape index (κ3) is 5.74. The van der Waals surface area contributed by atoms with Gasteiger partial charge in [0.2, 0.25) is 0 Å². The van der Waals surface area contributed by atoms with Gasteiger partial charge in [0.1, 0.15) is 5.60 Å². The summed E-state index contributed by atoms with van der Waals surface area (Å²) < 4.78 is 34.2. The van der Waals surface area contributed by atoms with Gasteiger partial charge in [-0.3, -0.25) is 0 Å². The molecule has 9 heteroatoms. The first-order valence-corrected chi connectivity index (χ1v) is 15.2. The molecule has 1 amide bonds. The lowest BCUT2D eigenvalue weighted by atomic mass is 9.97. The Hall–Kier alpha value is -3.18. The number of aryl methyl sites for hydroxylation is 1. The zero-order valence-corrected chi connectivity index (χ0v) is 25.3. The number of ether oxygens (including phenoxy) is 1. The van der Waals surface area contributed by atoms with E-state index in [0.29, 0.717) is 18.7 Å². The van der Waals surface area contributed by atoms with Crippen LogP contribution in [-0.2, 0) is 14.8 Å². The summed E-state index contributed by atoms with van der Waals surface area (Å²) in [5, 5.41) is 0.782. The molecule has 0 bridgehead atoms. The van der Waals surface area contributed by atoms with Crippen molar-refractivity contribution in [3.8, 4) is 11.1 Å². The van der Waals surface area contributed by atoms with Crippen LogP contribution in [0.4, 0.5) is 4.79 Å². The van der Waals surface area contributed by atoms with Crippen molar-refractivity contribution in [3.63, 3.8) is 0 Å². The molecule has 0 N–H and O–H groups in total. The lowest BCUT2D eigenvalue weighted by Crippen LogP contribution is -2.39. The van der Waals surface area contributed by atoms with Crippen molar-refractivity contribution in [2.24, 2.45) is 0 Å². The maximum atomic E-state index is 13.3. The maximum absolute atomic E-state index is 13.3. The third-order valence-electron chi connectivity index (χ3n) is 6.59. The van der Waals surface area contributed by atoms with E-state index in [-0.39, 0.29) is 11.0 Å². The number of amides is 1. The molecule has 39 heavy (non-hydrogen) atoms. The number of hydrogen-bond donors (Lipinski definition) is 0. The molecule has 3 heterocycles. The number of benzene rings is 2. The van der Waals surface area contributed by atoms with Gasteiger partial charge >= 0.3 is 6.09 Å². The summed E-state index contributed by atoms with van der Waals surface area (Å²) in [4.78, 5) is 18.9. The second kappa shape index (κ2) is 10.4. The predicted octanol–water partition coefficient (Wildman–Crippen LogP) is 6.88. The lowest BCUT2D eigenvalue weighted by molar-refractivity contribution is 0.0270. The van der Waals surface area contributed by atoms with Crippen LogP contribution in [0.25, 0.3) is 27.7 Å². The molecule has 0 spiro atoms. The molecule has 0 radical (unpaired) electrons. The Balaban J connectivity index is 1.37. The summed E-state index contributed by atoms with van der Waals surface area (Å²) in [6.45, 7) is 8.67. The average Bonchev–Trinajstić information content (AvgIpc) is 3.25. The molecule has 0 fully saturated rings. The van der Waals surface area contributed by atoms with E-state index in [1.165, 1.54) is 9.55 Å². The molecule has 0 saturated carbocycles. The van der Waals surface area contributed by atoms with E-state index in [1.54, 1.807) is 41.6 Å². The van der Waals surface area contributed by atoms with E-state index < -0.39 is 15.6 Å². The van der Waals surface area contributed by atoms with Crippen LogP contribution >= 0.6 is 22.6 Å². The van der Waals surface area contributed by atoms with E-state index in [2.05, 4.69) is 45.8 Å². The summed E-state index contributed by atoms with van der Waals surface area (Å²) in [7, 11) is -3.76. The van der Waals surface area contributed by atoms with Crippen LogP contribution in [0.3, 0.4) is 0 Å². The first kappa shape index (κ1) is 27.4. The highest BCUT2D eigenvalue weighted by molar-refractivity contribution is 14.1. The fraction of sp³-hybridized carbons (Fsp3) is 0.267. The number of pyridine rings is 1. The van der Waals surface area contributed by atoms with Crippen molar-refractivity contribution in [1.29, 1.82) is 0 Å². The minimum absolute atomic E-state index is 0.231. The Kier molecular flexibility index (Phi) is 7.32. The second-order valence-corrected chi connectivity index (χ2v) is 13.6. The fourth-order valence-electron chi connectivity index (χ4n) is 4.51. The molecular formula is C30H30IN3O4S. The SMILES string of the molecule is Cc1ccc(S(=O)(=O)n2cc(I)c3cc(-c4ccc(C5=CCN(C(=O)OC(C)(C)C)CC5)cc4)cnc32)cc1. The van der Waals surface area contributed by atoms with Gasteiger partial charge in [-0.05, 0) is 91.6 Å². The van der Waals surface area contributed by atoms with Crippen molar-refractivity contribution in [3.05, 3.63) is 87.8 Å². The van der Waals surface area contributed by atoms with Crippen LogP contribution in [-0.4, -0.2) is 47.1 Å². The zero-order valence-electron chi connectivity index (χ0n) is 22.3. The van der Waals surface area contributed by atoms with Crippen LogP contribution in [0, 0.1) is 10.5 Å². The average molecular weight is 656 g/mol. The number of nitrogens with zero attached hydrogens (tertiary/aromatic N) is 3. The number of carbonyl (C=O) groups is 1. The Morgan fingerprint density at radius 1 is 1.00 bits per heavy atom. The van der Waals surface area contributed by atoms with Gasteiger partial charge in [-0.1, -0.05) is 48.0 Å². The first-order valence-electron chi connectivity index (χ1n) is 12.7. The normalized spacial score (nSPS) is 14.4. The fourth-order valence-corrected chi connectivity index (χ4v) is 6.70. The van der Waals surface area contributed by atoms with Crippen LogP contribution in [0.1, 0.15) is 38.3 Å². The molecule has 0 atom stereocenters. The van der Waals surface area contributed by atoms with Crippen LogP contribution in [0.15, 0.2) is 78.0 Å². The Morgan fingerprint density at radius 2 is 1.67 bits per heavy atom. The number of carbonyl (C=O) groups excluding carboxylic acids is 1. The number of fused-ring (bicyclic) bond motifs is 1. The standard InChI is InChI=1S/C30H30IN3O4S/c1-20-5-11-25(12-6-20)39(36,37)34-19-27(31)26-17-24(18-32-28(26)34)22-9-7-21(8-10-22)23-13-15-33(16-14-23)29(35)38-30(2,3)4/h5-13,17-19H,14-16H2,1-4H3. The van der Waals surface area contributed by atoms with Crippen LogP contribution < -0.4 is 0 Å². The number of rotatable bonds is 4. The van der Waals surface area contributed by atoms with Crippen molar-refractivity contribution in [2.75, 3.05) is 13.1 Å². The van der Waals surface area contributed by atoms with Gasteiger partial charge in [-0.25, -0.2) is 22.2 Å². The molecule has 1 aliphatic heterocycles. The van der Waals surface area contributed by atoms with E-state index in [0.717, 1.165) is 37.6 Å². The Labute approximate surface area is 242 Å². The van der Waals surface area contributed by atoms with Gasteiger partial charge in [0.15, 0.2) is 5.65 Å². The number of hydrogen-bond acceptors (Lipinski definition) is 5. The predicted molar refractivity (Wildman–Crippen MR) is 162 cm³/mol. The summed E-state index contributed by atoms with van der Waals surface area (Å²) in [5.41, 5.74) is 5.10. The highest BCUT2D eigenvalue weighted by atomic mass is 127. The molecule has 0 aliphatic carbocycles. The molecule has 202 valence electrons. The van der Waals surface area contributed by atoms with Gasteiger partial charge in [0.05, 0.1) is 4.90 Å². The summed E-state index contributed by atoms with van der Waals surface area (Å²) in [5.74, 6) is 0. The maximum Gasteiger partial charge on any atom is 0.410 e. The quantitative estimate of drug-likeness (QED) is 0.224. The first-order chi connectivity index (χ1) is 18.4. The van der Waals surface area contributed by atoms with Crippen LogP contribution in [0.2, 0.25) is 0 Å². The molecule has 7 nitrogen and oxygen atoms in total. The summed E-state index contributed by atoms with van der Waals surface area (Å²) >= 11 is 2.16. The van der Waals surface area contributed by atoms with Gasteiger partial charge in [0, 0.05) is 40.0 Å². The topological polar surface area (TPSA) is 81.5 Å². The minimum atomic E-state index is -3.76. The van der Waals surface area contributed by atoms with Crippen molar-refractivity contribution in [2.45, 2.75) is 44.6 Å². The number of halogens is 1. The van der Waals surface area contributed by atoms with E-state index in [4.69, 9.17) is 4.74 Å². The Bertz CT molecular complexity index is 1680. The van der Waals surface area contributed by atoms with Crippen molar-refractivity contribution >= 4 is 55.3 Å². The molecule has 4 aromatic rings. The second-order valence-electron chi connectivity index (χ2n) is 10.7.